The molecule has 1 unspecified atom stereocenters. The van der Waals surface area contributed by atoms with Crippen molar-refractivity contribution in [2.45, 2.75) is 32.1 Å². The normalized spacial score (nSPS) is 19.4. The van der Waals surface area contributed by atoms with Gasteiger partial charge in [-0.3, -0.25) is 4.98 Å². The van der Waals surface area contributed by atoms with Gasteiger partial charge in [-0.1, -0.05) is 11.6 Å². The Balaban J connectivity index is 1.61. The number of nitrogens with zero attached hydrogens (tertiary/aromatic N) is 3. The monoisotopic (exact) mass is 383 g/mol. The van der Waals surface area contributed by atoms with Crippen molar-refractivity contribution in [2.75, 3.05) is 19.8 Å². The van der Waals surface area contributed by atoms with E-state index in [4.69, 9.17) is 31.2 Å². The van der Waals surface area contributed by atoms with E-state index in [1.165, 1.54) is 24.1 Å². The van der Waals surface area contributed by atoms with E-state index in [1.807, 2.05) is 35.1 Å². The second-order valence-corrected chi connectivity index (χ2v) is 7.82. The van der Waals surface area contributed by atoms with Crippen molar-refractivity contribution < 1.29 is 9.47 Å². The molecule has 1 aliphatic carbocycles. The Kier molecular flexibility index (Phi) is 4.50. The van der Waals surface area contributed by atoms with E-state index < -0.39 is 0 Å². The first-order valence-electron chi connectivity index (χ1n) is 9.65. The van der Waals surface area contributed by atoms with Gasteiger partial charge in [0.15, 0.2) is 0 Å². The Morgan fingerprint density at radius 1 is 1.19 bits per heavy atom. The molecule has 1 atom stereocenters. The molecule has 2 aromatic heterocycles. The molecule has 0 radical (unpaired) electrons. The van der Waals surface area contributed by atoms with Crippen LogP contribution in [0.25, 0.3) is 16.6 Å². The van der Waals surface area contributed by atoms with E-state index in [-0.39, 0.29) is 0 Å². The molecular weight excluding hydrogens is 362 g/mol. The number of benzene rings is 1. The summed E-state index contributed by atoms with van der Waals surface area (Å²) >= 11 is 6.07. The van der Waals surface area contributed by atoms with Gasteiger partial charge in [0.05, 0.1) is 24.3 Å². The van der Waals surface area contributed by atoms with Gasteiger partial charge >= 0.3 is 0 Å². The fraction of sp³-hybridized carbons (Fsp3) is 0.429. The van der Waals surface area contributed by atoms with Crippen molar-refractivity contribution in [3.05, 3.63) is 46.7 Å². The van der Waals surface area contributed by atoms with E-state index in [0.717, 1.165) is 54.9 Å². The third-order valence-corrected chi connectivity index (χ3v) is 5.75. The number of ether oxygens (including phenoxy) is 2. The summed E-state index contributed by atoms with van der Waals surface area (Å²) in [4.78, 5) is 4.73. The Morgan fingerprint density at radius 2 is 2.04 bits per heavy atom. The summed E-state index contributed by atoms with van der Waals surface area (Å²) in [6.07, 6.45) is 7.44. The third-order valence-electron chi connectivity index (χ3n) is 5.50. The van der Waals surface area contributed by atoms with Crippen LogP contribution in [0, 0.1) is 5.92 Å². The van der Waals surface area contributed by atoms with Crippen LogP contribution in [0.4, 0.5) is 0 Å². The number of rotatable bonds is 4. The maximum atomic E-state index is 6.30. The molecule has 0 bridgehead atoms. The second-order valence-electron chi connectivity index (χ2n) is 7.39. The van der Waals surface area contributed by atoms with Crippen LogP contribution < -0.4 is 4.74 Å². The molecule has 140 valence electrons. The molecule has 3 aromatic rings. The van der Waals surface area contributed by atoms with Crippen LogP contribution in [0.2, 0.25) is 5.02 Å². The van der Waals surface area contributed by atoms with Gasteiger partial charge in [-0.2, -0.15) is 9.78 Å². The van der Waals surface area contributed by atoms with Crippen LogP contribution in [0.5, 0.6) is 5.88 Å². The lowest BCUT2D eigenvalue weighted by Gasteiger charge is -2.14. The average molecular weight is 384 g/mol. The highest BCUT2D eigenvalue weighted by atomic mass is 35.5. The minimum atomic E-state index is 0.430. The topological polar surface area (TPSA) is 49.2 Å². The minimum absolute atomic E-state index is 0.430. The van der Waals surface area contributed by atoms with Crippen molar-refractivity contribution in [3.8, 4) is 11.6 Å². The maximum Gasteiger partial charge on any atom is 0.226 e. The van der Waals surface area contributed by atoms with Gasteiger partial charge in [0, 0.05) is 35.0 Å². The maximum absolute atomic E-state index is 6.30. The molecule has 3 heterocycles. The Bertz CT molecular complexity index is 962. The van der Waals surface area contributed by atoms with Crippen LogP contribution >= 0.6 is 11.6 Å². The minimum Gasteiger partial charge on any atom is -0.477 e. The number of aromatic nitrogens is 3. The molecule has 0 amide bonds. The van der Waals surface area contributed by atoms with Crippen LogP contribution in [0.15, 0.2) is 30.5 Å². The van der Waals surface area contributed by atoms with Crippen molar-refractivity contribution in [1.29, 1.82) is 0 Å². The van der Waals surface area contributed by atoms with Crippen molar-refractivity contribution in [1.82, 2.24) is 14.8 Å². The molecule has 5 nitrogen and oxygen atoms in total. The third kappa shape index (κ3) is 3.19. The molecule has 5 rings (SSSR count). The van der Waals surface area contributed by atoms with Gasteiger partial charge in [0.25, 0.3) is 0 Å². The van der Waals surface area contributed by atoms with E-state index in [9.17, 15) is 0 Å². The van der Waals surface area contributed by atoms with Crippen molar-refractivity contribution >= 4 is 22.5 Å². The summed E-state index contributed by atoms with van der Waals surface area (Å²) in [6, 6.07) is 7.70. The largest absolute Gasteiger partial charge is 0.477 e. The van der Waals surface area contributed by atoms with Gasteiger partial charge in [-0.15, -0.1) is 0 Å². The number of hydrogen-bond donors (Lipinski definition) is 0. The SMILES string of the molecule is Clc1ccc(-n2nc3c4c(ncc3c2OCC2CCOC2)CCCC4)cc1. The first kappa shape index (κ1) is 17.0. The summed E-state index contributed by atoms with van der Waals surface area (Å²) in [7, 11) is 0. The number of pyridine rings is 1. The molecule has 1 saturated heterocycles. The van der Waals surface area contributed by atoms with Crippen molar-refractivity contribution in [3.63, 3.8) is 0 Å². The van der Waals surface area contributed by atoms with Gasteiger partial charge in [0.2, 0.25) is 5.88 Å². The smallest absolute Gasteiger partial charge is 0.226 e. The van der Waals surface area contributed by atoms with E-state index >= 15 is 0 Å². The summed E-state index contributed by atoms with van der Waals surface area (Å²) in [5.41, 5.74) is 4.43. The zero-order valence-electron chi connectivity index (χ0n) is 15.2. The number of hydrogen-bond acceptors (Lipinski definition) is 4. The number of fused-ring (bicyclic) bond motifs is 3. The molecule has 2 aliphatic rings. The van der Waals surface area contributed by atoms with E-state index in [1.54, 1.807) is 0 Å². The van der Waals surface area contributed by atoms with E-state index in [2.05, 4.69) is 0 Å². The fourth-order valence-electron chi connectivity index (χ4n) is 3.99. The first-order chi connectivity index (χ1) is 13.3. The Morgan fingerprint density at radius 3 is 2.85 bits per heavy atom. The molecular formula is C21H22ClN3O2. The summed E-state index contributed by atoms with van der Waals surface area (Å²) in [5.74, 6) is 1.19. The number of halogens is 1. The van der Waals surface area contributed by atoms with Crippen LogP contribution in [0.1, 0.15) is 30.5 Å². The second kappa shape index (κ2) is 7.13. The van der Waals surface area contributed by atoms with Crippen LogP contribution in [-0.2, 0) is 17.6 Å². The number of aryl methyl sites for hydroxylation is 2. The van der Waals surface area contributed by atoms with Gasteiger partial charge < -0.3 is 9.47 Å². The van der Waals surface area contributed by atoms with Gasteiger partial charge in [-0.05, 0) is 56.4 Å². The molecule has 1 aromatic carbocycles. The summed E-state index contributed by atoms with van der Waals surface area (Å²) < 4.78 is 13.7. The predicted molar refractivity (Wildman–Crippen MR) is 105 cm³/mol. The lowest BCUT2D eigenvalue weighted by molar-refractivity contribution is 0.165. The highest BCUT2D eigenvalue weighted by Crippen LogP contribution is 2.34. The highest BCUT2D eigenvalue weighted by molar-refractivity contribution is 6.30. The molecule has 1 aliphatic heterocycles. The fourth-order valence-corrected chi connectivity index (χ4v) is 4.12. The predicted octanol–water partition coefficient (Wildman–Crippen LogP) is 4.37. The molecule has 0 saturated carbocycles. The van der Waals surface area contributed by atoms with E-state index in [0.29, 0.717) is 17.5 Å². The Labute approximate surface area is 163 Å². The molecule has 1 fully saturated rings. The Hall–Kier alpha value is -2.11. The lowest BCUT2D eigenvalue weighted by atomic mass is 9.95. The molecule has 27 heavy (non-hydrogen) atoms. The molecule has 0 N–H and O–H groups in total. The first-order valence-corrected chi connectivity index (χ1v) is 10.0. The molecule has 6 heteroatoms. The van der Waals surface area contributed by atoms with Crippen LogP contribution in [-0.4, -0.2) is 34.6 Å². The quantitative estimate of drug-likeness (QED) is 0.671. The van der Waals surface area contributed by atoms with Gasteiger partial charge in [-0.25, -0.2) is 0 Å². The molecule has 0 spiro atoms. The highest BCUT2D eigenvalue weighted by Gasteiger charge is 2.23. The summed E-state index contributed by atoms with van der Waals surface area (Å²) in [5, 5.41) is 6.65. The standard InChI is InChI=1S/C21H22ClN3O2/c22-15-5-7-16(8-6-15)25-21(27-13-14-9-10-26-12-14)18-11-23-19-4-2-1-3-17(19)20(18)24-25/h5-8,11,14H,1-4,9-10,12-13H2. The average Bonchev–Trinajstić information content (AvgIpc) is 3.34. The summed E-state index contributed by atoms with van der Waals surface area (Å²) in [6.45, 7) is 2.21. The zero-order valence-corrected chi connectivity index (χ0v) is 15.9. The van der Waals surface area contributed by atoms with Gasteiger partial charge in [0.1, 0.15) is 5.52 Å². The lowest BCUT2D eigenvalue weighted by Crippen LogP contribution is -2.13. The van der Waals surface area contributed by atoms with Crippen molar-refractivity contribution in [2.24, 2.45) is 5.92 Å². The van der Waals surface area contributed by atoms with Crippen LogP contribution in [0.3, 0.4) is 0 Å². The zero-order chi connectivity index (χ0) is 18.2.